The summed E-state index contributed by atoms with van der Waals surface area (Å²) in [7, 11) is 0. The Hall–Kier alpha value is -4.34. The van der Waals surface area contributed by atoms with E-state index in [-0.39, 0.29) is 0 Å². The molecule has 0 radical (unpaired) electrons. The van der Waals surface area contributed by atoms with Gasteiger partial charge < -0.3 is 9.30 Å². The first-order chi connectivity index (χ1) is 18.2. The van der Waals surface area contributed by atoms with Crippen molar-refractivity contribution in [2.45, 2.75) is 0 Å². The quantitative estimate of drug-likeness (QED) is 0.217. The first-order valence-electron chi connectivity index (χ1n) is 12.3. The van der Waals surface area contributed by atoms with E-state index in [0.717, 1.165) is 38.2 Å². The lowest BCUT2D eigenvalue weighted by Gasteiger charge is -2.11. The van der Waals surface area contributed by atoms with Crippen LogP contribution in [-0.2, 0) is 0 Å². The van der Waals surface area contributed by atoms with Gasteiger partial charge in [-0.25, -0.2) is 0 Å². The van der Waals surface area contributed by atoms with Crippen LogP contribution in [0.15, 0.2) is 138 Å². The summed E-state index contributed by atoms with van der Waals surface area (Å²) in [5.74, 6) is 1.62. The van der Waals surface area contributed by atoms with Crippen molar-refractivity contribution >= 4 is 48.5 Å². The Bertz CT molecular complexity index is 1920. The third kappa shape index (κ3) is 3.98. The number of hydrogen-bond donors (Lipinski definition) is 0. The summed E-state index contributed by atoms with van der Waals surface area (Å²) in [5.41, 5.74) is 5.81. The molecule has 0 spiro atoms. The van der Waals surface area contributed by atoms with E-state index >= 15 is 0 Å². The summed E-state index contributed by atoms with van der Waals surface area (Å²) in [5, 5.41) is 4.84. The van der Waals surface area contributed by atoms with Crippen molar-refractivity contribution in [3.63, 3.8) is 0 Å². The predicted octanol–water partition coefficient (Wildman–Crippen LogP) is 10.2. The van der Waals surface area contributed by atoms with E-state index in [1.165, 1.54) is 27.2 Å². The number of hydrogen-bond acceptors (Lipinski definition) is 1. The molecule has 0 bridgehead atoms. The van der Waals surface area contributed by atoms with Gasteiger partial charge in [-0.3, -0.25) is 0 Å². The van der Waals surface area contributed by atoms with Gasteiger partial charge in [0.05, 0.1) is 11.0 Å². The lowest BCUT2D eigenvalue weighted by atomic mass is 10.0. The summed E-state index contributed by atoms with van der Waals surface area (Å²) in [4.78, 5) is 0. The molecule has 176 valence electrons. The van der Waals surface area contributed by atoms with Gasteiger partial charge in [0.15, 0.2) is 0 Å². The first kappa shape index (κ1) is 21.9. The summed E-state index contributed by atoms with van der Waals surface area (Å²) < 4.78 is 9.63. The third-order valence-electron chi connectivity index (χ3n) is 6.85. The van der Waals surface area contributed by atoms with Crippen LogP contribution in [0.2, 0.25) is 0 Å². The molecule has 0 saturated heterocycles. The molecule has 0 aliphatic heterocycles. The summed E-state index contributed by atoms with van der Waals surface area (Å²) >= 11 is 3.70. The second kappa shape index (κ2) is 8.95. The molecule has 6 aromatic carbocycles. The molecule has 0 unspecified atom stereocenters. The van der Waals surface area contributed by atoms with Crippen molar-refractivity contribution in [3.05, 3.63) is 138 Å². The van der Waals surface area contributed by atoms with Crippen LogP contribution in [0.25, 0.3) is 49.4 Å². The maximum absolute atomic E-state index is 6.32. The third-order valence-corrected chi connectivity index (χ3v) is 7.31. The van der Waals surface area contributed by atoms with Crippen LogP contribution in [0.4, 0.5) is 0 Å². The minimum atomic E-state index is 0.798. The van der Waals surface area contributed by atoms with Gasteiger partial charge in [-0.2, -0.15) is 0 Å². The van der Waals surface area contributed by atoms with Crippen LogP contribution < -0.4 is 4.74 Å². The molecule has 0 atom stereocenters. The van der Waals surface area contributed by atoms with E-state index in [1.807, 2.05) is 18.2 Å². The number of benzene rings is 6. The highest BCUT2D eigenvalue weighted by molar-refractivity contribution is 9.10. The van der Waals surface area contributed by atoms with E-state index in [1.54, 1.807) is 0 Å². The molecule has 3 heteroatoms. The molecule has 0 N–H and O–H groups in total. The predicted molar refractivity (Wildman–Crippen MR) is 158 cm³/mol. The molecule has 0 amide bonds. The summed E-state index contributed by atoms with van der Waals surface area (Å²) in [6, 6.07) is 46.7. The molecule has 0 fully saturated rings. The number of para-hydroxylation sites is 2. The van der Waals surface area contributed by atoms with Gasteiger partial charge in [-0.15, -0.1) is 0 Å². The molecule has 7 rings (SSSR count). The topological polar surface area (TPSA) is 14.2 Å². The van der Waals surface area contributed by atoms with Crippen LogP contribution in [0.1, 0.15) is 0 Å². The van der Waals surface area contributed by atoms with Gasteiger partial charge in [0.1, 0.15) is 11.5 Å². The largest absolute Gasteiger partial charge is 0.457 e. The Labute approximate surface area is 223 Å². The van der Waals surface area contributed by atoms with Gasteiger partial charge >= 0.3 is 0 Å². The Morgan fingerprint density at radius 1 is 0.486 bits per heavy atom. The van der Waals surface area contributed by atoms with Crippen LogP contribution in [0.3, 0.4) is 0 Å². The molecule has 1 heterocycles. The minimum absolute atomic E-state index is 0.798. The number of aromatic nitrogens is 1. The zero-order valence-corrected chi connectivity index (χ0v) is 21.5. The van der Waals surface area contributed by atoms with E-state index in [9.17, 15) is 0 Å². The Balaban J connectivity index is 1.33. The smallest absolute Gasteiger partial charge is 0.129 e. The second-order valence-electron chi connectivity index (χ2n) is 9.21. The average Bonchev–Trinajstić information content (AvgIpc) is 3.27. The van der Waals surface area contributed by atoms with E-state index in [4.69, 9.17) is 4.74 Å². The molecule has 0 aliphatic carbocycles. The van der Waals surface area contributed by atoms with Crippen molar-refractivity contribution in [1.29, 1.82) is 0 Å². The van der Waals surface area contributed by atoms with E-state index in [2.05, 4.69) is 136 Å². The van der Waals surface area contributed by atoms with Crippen LogP contribution in [-0.4, -0.2) is 4.57 Å². The standard InChI is InChI=1S/C34H22BrNO/c35-27-18-26(20-30(22-27)37-29-16-14-23-8-4-5-9-24(23)19-29)25-15-17-34-32(21-25)31-12-6-7-13-33(31)36(34)28-10-2-1-3-11-28/h1-22H. The zero-order valence-electron chi connectivity index (χ0n) is 19.9. The lowest BCUT2D eigenvalue weighted by molar-refractivity contribution is 0.483. The van der Waals surface area contributed by atoms with Crippen LogP contribution in [0.5, 0.6) is 11.5 Å². The van der Waals surface area contributed by atoms with Crippen molar-refractivity contribution in [1.82, 2.24) is 4.57 Å². The van der Waals surface area contributed by atoms with Gasteiger partial charge in [-0.1, -0.05) is 88.7 Å². The molecular weight excluding hydrogens is 518 g/mol. The molecule has 7 aromatic rings. The highest BCUT2D eigenvalue weighted by Gasteiger charge is 2.13. The minimum Gasteiger partial charge on any atom is -0.457 e. The van der Waals surface area contributed by atoms with Crippen molar-refractivity contribution in [3.8, 4) is 28.3 Å². The fourth-order valence-corrected chi connectivity index (χ4v) is 5.64. The Morgan fingerprint density at radius 2 is 1.24 bits per heavy atom. The molecule has 1 aromatic heterocycles. The lowest BCUT2D eigenvalue weighted by Crippen LogP contribution is -1.92. The van der Waals surface area contributed by atoms with Gasteiger partial charge in [0.25, 0.3) is 0 Å². The number of rotatable bonds is 4. The van der Waals surface area contributed by atoms with Crippen molar-refractivity contribution in [2.24, 2.45) is 0 Å². The Morgan fingerprint density at radius 3 is 2.14 bits per heavy atom. The van der Waals surface area contributed by atoms with Gasteiger partial charge in [0, 0.05) is 20.9 Å². The zero-order chi connectivity index (χ0) is 24.8. The highest BCUT2D eigenvalue weighted by atomic mass is 79.9. The molecule has 2 nitrogen and oxygen atoms in total. The fraction of sp³-hybridized carbons (Fsp3) is 0. The monoisotopic (exact) mass is 539 g/mol. The molecule has 0 saturated carbocycles. The number of fused-ring (bicyclic) bond motifs is 4. The molecular formula is C34H22BrNO. The summed E-state index contributed by atoms with van der Waals surface area (Å²) in [6.45, 7) is 0. The maximum atomic E-state index is 6.32. The Kier molecular flexibility index (Phi) is 5.30. The maximum Gasteiger partial charge on any atom is 0.129 e. The summed E-state index contributed by atoms with van der Waals surface area (Å²) in [6.07, 6.45) is 0. The molecule has 0 aliphatic rings. The first-order valence-corrected chi connectivity index (χ1v) is 13.1. The van der Waals surface area contributed by atoms with Crippen LogP contribution in [0, 0.1) is 0 Å². The van der Waals surface area contributed by atoms with Gasteiger partial charge in [-0.05, 0) is 82.6 Å². The van der Waals surface area contributed by atoms with E-state index < -0.39 is 0 Å². The van der Waals surface area contributed by atoms with Gasteiger partial charge in [0.2, 0.25) is 0 Å². The van der Waals surface area contributed by atoms with Crippen molar-refractivity contribution in [2.75, 3.05) is 0 Å². The van der Waals surface area contributed by atoms with Crippen molar-refractivity contribution < 1.29 is 4.74 Å². The SMILES string of the molecule is Brc1cc(Oc2ccc3ccccc3c2)cc(-c2ccc3c(c2)c2ccccc2n3-c2ccccc2)c1. The highest BCUT2D eigenvalue weighted by Crippen LogP contribution is 2.37. The van der Waals surface area contributed by atoms with Crippen LogP contribution >= 0.6 is 15.9 Å². The second-order valence-corrected chi connectivity index (χ2v) is 10.1. The normalized spacial score (nSPS) is 11.4. The number of halogens is 1. The molecule has 37 heavy (non-hydrogen) atoms. The van der Waals surface area contributed by atoms with E-state index in [0.29, 0.717) is 0 Å². The number of nitrogens with zero attached hydrogens (tertiary/aromatic N) is 1. The average molecular weight is 540 g/mol. The number of ether oxygens (including phenoxy) is 1. The fourth-order valence-electron chi connectivity index (χ4n) is 5.16.